The Bertz CT molecular complexity index is 1110. The number of amides is 2. The number of carboxylic acids is 1. The fraction of sp³-hybridized carbons (Fsp3) is 0.0455. The number of halogens is 1. The predicted molar refractivity (Wildman–Crippen MR) is 107 cm³/mol. The normalized spacial score (nSPS) is 10.3. The van der Waals surface area contributed by atoms with Crippen LogP contribution in [0, 0.1) is 12.7 Å². The lowest BCUT2D eigenvalue weighted by molar-refractivity contribution is 0.0697. The lowest BCUT2D eigenvalue weighted by Gasteiger charge is -2.14. The molecule has 3 rings (SSSR count). The molecule has 3 aromatic carbocycles. The molecule has 0 unspecified atom stereocenters. The van der Waals surface area contributed by atoms with E-state index in [0.717, 1.165) is 5.56 Å². The van der Waals surface area contributed by atoms with Crippen LogP contribution in [-0.4, -0.2) is 22.9 Å². The van der Waals surface area contributed by atoms with Gasteiger partial charge in [-0.1, -0.05) is 30.3 Å². The zero-order valence-electron chi connectivity index (χ0n) is 15.4. The Kier molecular flexibility index (Phi) is 5.69. The molecule has 2 amide bonds. The summed E-state index contributed by atoms with van der Waals surface area (Å²) in [6.45, 7) is 1.78. The van der Waals surface area contributed by atoms with E-state index in [9.17, 15) is 23.9 Å². The summed E-state index contributed by atoms with van der Waals surface area (Å²) in [7, 11) is 0. The van der Waals surface area contributed by atoms with Crippen molar-refractivity contribution in [3.8, 4) is 0 Å². The highest BCUT2D eigenvalue weighted by Gasteiger charge is 2.18. The molecule has 0 spiro atoms. The summed E-state index contributed by atoms with van der Waals surface area (Å²) in [6, 6.07) is 16.2. The summed E-state index contributed by atoms with van der Waals surface area (Å²) in [4.78, 5) is 36.6. The fourth-order valence-corrected chi connectivity index (χ4v) is 2.76. The van der Waals surface area contributed by atoms with Gasteiger partial charge in [-0.15, -0.1) is 0 Å². The standard InChI is InChI=1S/C22H17FN2O4/c1-13-10-11-15(21(27)24-18-9-5-3-7-16(18)22(28)29)19(12-13)25-20(26)14-6-2-4-8-17(14)23/h2-12H,1H3,(H,24,27)(H,25,26)(H,28,29). The van der Waals surface area contributed by atoms with Crippen molar-refractivity contribution >= 4 is 29.2 Å². The molecule has 0 bridgehead atoms. The van der Waals surface area contributed by atoms with Crippen LogP contribution in [0.2, 0.25) is 0 Å². The first-order valence-electron chi connectivity index (χ1n) is 8.67. The number of carbonyl (C=O) groups is 3. The van der Waals surface area contributed by atoms with Gasteiger partial charge in [0, 0.05) is 0 Å². The van der Waals surface area contributed by atoms with Gasteiger partial charge in [0.2, 0.25) is 0 Å². The topological polar surface area (TPSA) is 95.5 Å². The number of nitrogens with one attached hydrogen (secondary N) is 2. The number of hydrogen-bond acceptors (Lipinski definition) is 3. The highest BCUT2D eigenvalue weighted by Crippen LogP contribution is 2.22. The Balaban J connectivity index is 1.91. The summed E-state index contributed by atoms with van der Waals surface area (Å²) in [6.07, 6.45) is 0. The van der Waals surface area contributed by atoms with E-state index in [4.69, 9.17) is 0 Å². The molecule has 0 aliphatic heterocycles. The number of hydrogen-bond donors (Lipinski definition) is 3. The van der Waals surface area contributed by atoms with E-state index in [1.807, 2.05) is 0 Å². The maximum atomic E-state index is 13.9. The second-order valence-corrected chi connectivity index (χ2v) is 6.29. The second kappa shape index (κ2) is 8.35. The molecule has 0 fully saturated rings. The number of anilines is 2. The molecule has 0 aromatic heterocycles. The molecule has 0 radical (unpaired) electrons. The van der Waals surface area contributed by atoms with E-state index < -0.39 is 23.6 Å². The summed E-state index contributed by atoms with van der Waals surface area (Å²) in [5, 5.41) is 14.4. The molecule has 0 saturated carbocycles. The Morgan fingerprint density at radius 3 is 2.03 bits per heavy atom. The number of aryl methyl sites for hydroxylation is 1. The molecular formula is C22H17FN2O4. The van der Waals surface area contributed by atoms with Gasteiger partial charge < -0.3 is 15.7 Å². The van der Waals surface area contributed by atoms with Crippen molar-refractivity contribution in [2.24, 2.45) is 0 Å². The number of rotatable bonds is 5. The average molecular weight is 392 g/mol. The molecule has 6 nitrogen and oxygen atoms in total. The minimum Gasteiger partial charge on any atom is -0.478 e. The first kappa shape index (κ1) is 19.8. The zero-order valence-corrected chi connectivity index (χ0v) is 15.4. The Morgan fingerprint density at radius 1 is 0.759 bits per heavy atom. The average Bonchev–Trinajstić information content (AvgIpc) is 2.68. The summed E-state index contributed by atoms with van der Waals surface area (Å²) < 4.78 is 13.9. The quantitative estimate of drug-likeness (QED) is 0.602. The van der Waals surface area contributed by atoms with Crippen molar-refractivity contribution < 1.29 is 23.9 Å². The Labute approximate surface area is 166 Å². The number of para-hydroxylation sites is 1. The number of benzene rings is 3. The van der Waals surface area contributed by atoms with Crippen LogP contribution in [0.25, 0.3) is 0 Å². The van der Waals surface area contributed by atoms with Gasteiger partial charge in [-0.2, -0.15) is 0 Å². The summed E-state index contributed by atoms with van der Waals surface area (Å²) >= 11 is 0. The molecule has 0 saturated heterocycles. The van der Waals surface area contributed by atoms with Crippen molar-refractivity contribution in [1.82, 2.24) is 0 Å². The SMILES string of the molecule is Cc1ccc(C(=O)Nc2ccccc2C(=O)O)c(NC(=O)c2ccccc2F)c1. The number of carbonyl (C=O) groups excluding carboxylic acids is 2. The maximum absolute atomic E-state index is 13.9. The third kappa shape index (κ3) is 4.47. The highest BCUT2D eigenvalue weighted by atomic mass is 19.1. The lowest BCUT2D eigenvalue weighted by Crippen LogP contribution is -2.20. The molecule has 29 heavy (non-hydrogen) atoms. The highest BCUT2D eigenvalue weighted by molar-refractivity contribution is 6.13. The van der Waals surface area contributed by atoms with E-state index in [1.165, 1.54) is 42.5 Å². The Morgan fingerprint density at radius 2 is 1.34 bits per heavy atom. The molecule has 7 heteroatoms. The van der Waals surface area contributed by atoms with E-state index in [1.54, 1.807) is 31.2 Å². The minimum absolute atomic E-state index is 0.0649. The van der Waals surface area contributed by atoms with Crippen LogP contribution in [0.3, 0.4) is 0 Å². The lowest BCUT2D eigenvalue weighted by atomic mass is 10.1. The van der Waals surface area contributed by atoms with E-state index >= 15 is 0 Å². The number of aromatic carboxylic acids is 1. The van der Waals surface area contributed by atoms with Crippen LogP contribution in [0.15, 0.2) is 66.7 Å². The van der Waals surface area contributed by atoms with Crippen molar-refractivity contribution in [3.63, 3.8) is 0 Å². The van der Waals surface area contributed by atoms with Gasteiger partial charge in [-0.3, -0.25) is 9.59 Å². The molecular weight excluding hydrogens is 375 g/mol. The van der Waals surface area contributed by atoms with E-state index in [-0.39, 0.29) is 28.1 Å². The van der Waals surface area contributed by atoms with Gasteiger partial charge in [-0.25, -0.2) is 9.18 Å². The minimum atomic E-state index is -1.18. The van der Waals surface area contributed by atoms with Crippen LogP contribution in [-0.2, 0) is 0 Å². The van der Waals surface area contributed by atoms with Gasteiger partial charge in [0.15, 0.2) is 0 Å². The van der Waals surface area contributed by atoms with Crippen molar-refractivity contribution in [2.45, 2.75) is 6.92 Å². The largest absolute Gasteiger partial charge is 0.478 e. The van der Waals surface area contributed by atoms with Crippen LogP contribution in [0.1, 0.15) is 36.6 Å². The van der Waals surface area contributed by atoms with E-state index in [0.29, 0.717) is 0 Å². The van der Waals surface area contributed by atoms with Gasteiger partial charge in [0.05, 0.1) is 28.1 Å². The predicted octanol–water partition coefficient (Wildman–Crippen LogP) is 4.34. The van der Waals surface area contributed by atoms with Crippen LogP contribution in [0.4, 0.5) is 15.8 Å². The number of carboxylic acid groups (broad SMARTS) is 1. The summed E-state index contributed by atoms with van der Waals surface area (Å²) in [5.41, 5.74) is 0.971. The van der Waals surface area contributed by atoms with Crippen LogP contribution in [0.5, 0.6) is 0 Å². The van der Waals surface area contributed by atoms with Crippen molar-refractivity contribution in [2.75, 3.05) is 10.6 Å². The van der Waals surface area contributed by atoms with Crippen LogP contribution < -0.4 is 10.6 Å². The first-order valence-corrected chi connectivity index (χ1v) is 8.67. The van der Waals surface area contributed by atoms with E-state index in [2.05, 4.69) is 10.6 Å². The van der Waals surface area contributed by atoms with Gasteiger partial charge in [-0.05, 0) is 48.9 Å². The molecule has 146 valence electrons. The second-order valence-electron chi connectivity index (χ2n) is 6.29. The van der Waals surface area contributed by atoms with Gasteiger partial charge >= 0.3 is 5.97 Å². The smallest absolute Gasteiger partial charge is 0.337 e. The van der Waals surface area contributed by atoms with Crippen molar-refractivity contribution in [1.29, 1.82) is 0 Å². The third-order valence-electron chi connectivity index (χ3n) is 4.19. The monoisotopic (exact) mass is 392 g/mol. The van der Waals surface area contributed by atoms with Crippen LogP contribution >= 0.6 is 0 Å². The molecule has 0 heterocycles. The summed E-state index contributed by atoms with van der Waals surface area (Å²) in [5.74, 6) is -3.17. The first-order chi connectivity index (χ1) is 13.9. The molecule has 0 atom stereocenters. The van der Waals surface area contributed by atoms with Gasteiger partial charge in [0.1, 0.15) is 5.82 Å². The third-order valence-corrected chi connectivity index (χ3v) is 4.19. The molecule has 0 aliphatic carbocycles. The van der Waals surface area contributed by atoms with Crippen molar-refractivity contribution in [3.05, 3.63) is 94.8 Å². The molecule has 3 aromatic rings. The van der Waals surface area contributed by atoms with Gasteiger partial charge in [0.25, 0.3) is 11.8 Å². The molecule has 0 aliphatic rings. The fourth-order valence-electron chi connectivity index (χ4n) is 2.76. The molecule has 3 N–H and O–H groups in total. The Hall–Kier alpha value is -4.00. The zero-order chi connectivity index (χ0) is 21.0. The maximum Gasteiger partial charge on any atom is 0.337 e.